The quantitative estimate of drug-likeness (QED) is 0.0922. The number of urea groups is 1. The van der Waals surface area contributed by atoms with Crippen LogP contribution in [-0.2, 0) is 27.5 Å². The number of halogens is 3. The van der Waals surface area contributed by atoms with Crippen molar-refractivity contribution in [2.24, 2.45) is 5.73 Å². The van der Waals surface area contributed by atoms with Gasteiger partial charge in [-0.05, 0) is 47.4 Å². The number of carbonyl (C=O) groups excluding carboxylic acids is 2. The average Bonchev–Trinajstić information content (AvgIpc) is 3.15. The van der Waals surface area contributed by atoms with Crippen LogP contribution in [0.4, 0.5) is 40.8 Å². The number of fused-ring (bicyclic) bond motifs is 1. The highest BCUT2D eigenvalue weighted by molar-refractivity contribution is 6.08. The Kier molecular flexibility index (Phi) is 12.4. The number of anilines is 4. The number of hydrogen-bond donors (Lipinski definition) is 4. The Bertz CT molecular complexity index is 2240. The van der Waals surface area contributed by atoms with E-state index in [1.807, 2.05) is 57.2 Å². The molecular weight excluding hydrogens is 741 g/mol. The zero-order valence-electron chi connectivity index (χ0n) is 32.1. The van der Waals surface area contributed by atoms with Crippen LogP contribution < -0.4 is 35.9 Å². The van der Waals surface area contributed by atoms with Gasteiger partial charge >= 0.3 is 12.2 Å². The maximum Gasteiger partial charge on any atom is 0.416 e. The van der Waals surface area contributed by atoms with Gasteiger partial charge in [0.2, 0.25) is 5.91 Å². The van der Waals surface area contributed by atoms with Gasteiger partial charge in [-0.1, -0.05) is 51.1 Å². The minimum atomic E-state index is -4.60. The molecule has 300 valence electrons. The van der Waals surface area contributed by atoms with Gasteiger partial charge in [0.15, 0.2) is 0 Å². The predicted octanol–water partition coefficient (Wildman–Crippen LogP) is 8.48. The number of pyridine rings is 1. The molecule has 1 aromatic heterocycles. The molecule has 12 nitrogen and oxygen atoms in total. The van der Waals surface area contributed by atoms with Gasteiger partial charge in [-0.25, -0.2) is 9.78 Å². The first kappa shape index (κ1) is 40.6. The molecule has 0 unspecified atom stereocenters. The molecule has 1 aliphatic rings. The summed E-state index contributed by atoms with van der Waals surface area (Å²) in [6.07, 6.45) is -3.19. The highest BCUT2D eigenvalue weighted by Gasteiger charge is 2.32. The van der Waals surface area contributed by atoms with Crippen molar-refractivity contribution in [3.8, 4) is 23.0 Å². The summed E-state index contributed by atoms with van der Waals surface area (Å²) < 4.78 is 64.6. The van der Waals surface area contributed by atoms with Crippen molar-refractivity contribution >= 4 is 45.6 Å². The molecule has 0 bridgehead atoms. The lowest BCUT2D eigenvalue weighted by atomic mass is 9.85. The predicted molar refractivity (Wildman–Crippen MR) is 213 cm³/mol. The van der Waals surface area contributed by atoms with Crippen LogP contribution in [0.5, 0.6) is 23.0 Å². The minimum absolute atomic E-state index is 0.0677. The minimum Gasteiger partial charge on any atom is -0.494 e. The van der Waals surface area contributed by atoms with Crippen LogP contribution in [0.1, 0.15) is 37.5 Å². The molecule has 5 aromatic rings. The van der Waals surface area contributed by atoms with Crippen LogP contribution in [0, 0.1) is 0 Å². The second kappa shape index (κ2) is 17.4. The third-order valence-electron chi connectivity index (χ3n) is 9.23. The molecule has 0 spiro atoms. The van der Waals surface area contributed by atoms with Gasteiger partial charge in [-0.2, -0.15) is 13.2 Å². The summed E-state index contributed by atoms with van der Waals surface area (Å²) >= 11 is 0. The number of rotatable bonds is 13. The number of primary amides is 1. The Morgan fingerprint density at radius 2 is 1.61 bits per heavy atom. The van der Waals surface area contributed by atoms with Crippen molar-refractivity contribution in [1.82, 2.24) is 9.88 Å². The van der Waals surface area contributed by atoms with Crippen molar-refractivity contribution in [2.45, 2.75) is 38.8 Å². The molecule has 57 heavy (non-hydrogen) atoms. The molecule has 4 aromatic carbocycles. The number of benzene rings is 4. The molecule has 6 rings (SSSR count). The van der Waals surface area contributed by atoms with Crippen molar-refractivity contribution in [3.63, 3.8) is 0 Å². The first-order valence-electron chi connectivity index (χ1n) is 18.3. The van der Waals surface area contributed by atoms with E-state index in [1.54, 1.807) is 24.3 Å². The summed E-state index contributed by atoms with van der Waals surface area (Å²) in [7, 11) is 1.46. The molecule has 1 saturated heterocycles. The molecule has 15 heteroatoms. The summed E-state index contributed by atoms with van der Waals surface area (Å²) in [4.78, 5) is 31.8. The van der Waals surface area contributed by atoms with E-state index in [4.69, 9.17) is 24.7 Å². The number of nitrogens with two attached hydrogens (primary N) is 1. The number of nitrogens with one attached hydrogen (secondary N) is 3. The SMILES string of the molecule is COc1c(CC(N)=O)cc(C(C)(C)C)cc1NC(=O)Nc1ccc(Oc2ccnc(Nc3cc(OCCN4CCOCC4)cc(C(F)(F)F)c3)c2)c2ccccc12. The van der Waals surface area contributed by atoms with Crippen LogP contribution in [-0.4, -0.2) is 68.4 Å². The Morgan fingerprint density at radius 1 is 0.877 bits per heavy atom. The lowest BCUT2D eigenvalue weighted by Crippen LogP contribution is -2.38. The first-order chi connectivity index (χ1) is 27.2. The Balaban J connectivity index is 1.19. The largest absolute Gasteiger partial charge is 0.494 e. The van der Waals surface area contributed by atoms with Gasteiger partial charge in [-0.15, -0.1) is 0 Å². The molecule has 2 heterocycles. The third-order valence-corrected chi connectivity index (χ3v) is 9.23. The van der Waals surface area contributed by atoms with E-state index in [1.165, 1.54) is 19.4 Å². The number of morpholine rings is 1. The number of carbonyl (C=O) groups is 2. The molecule has 0 aliphatic carbocycles. The zero-order chi connectivity index (χ0) is 40.7. The number of amides is 3. The lowest BCUT2D eigenvalue weighted by molar-refractivity contribution is -0.137. The van der Waals surface area contributed by atoms with Gasteiger partial charge in [0.25, 0.3) is 0 Å². The zero-order valence-corrected chi connectivity index (χ0v) is 32.1. The summed E-state index contributed by atoms with van der Waals surface area (Å²) in [6.45, 7) is 9.52. The van der Waals surface area contributed by atoms with Gasteiger partial charge in [0.1, 0.15) is 35.4 Å². The maximum absolute atomic E-state index is 13.9. The number of nitrogens with zero attached hydrogens (tertiary/aromatic N) is 2. The number of alkyl halides is 3. The Hall–Kier alpha value is -6.06. The number of aromatic nitrogens is 1. The van der Waals surface area contributed by atoms with Crippen LogP contribution in [0.25, 0.3) is 10.8 Å². The van der Waals surface area contributed by atoms with Crippen LogP contribution in [0.3, 0.4) is 0 Å². The van der Waals surface area contributed by atoms with E-state index in [2.05, 4.69) is 25.8 Å². The van der Waals surface area contributed by atoms with Crippen molar-refractivity contribution in [1.29, 1.82) is 0 Å². The molecule has 3 amide bonds. The normalized spacial score (nSPS) is 13.5. The van der Waals surface area contributed by atoms with Gasteiger partial charge < -0.3 is 40.6 Å². The molecule has 0 radical (unpaired) electrons. The fourth-order valence-corrected chi connectivity index (χ4v) is 6.37. The van der Waals surface area contributed by atoms with E-state index in [0.29, 0.717) is 64.7 Å². The van der Waals surface area contributed by atoms with Crippen molar-refractivity contribution in [3.05, 3.63) is 102 Å². The number of ether oxygens (including phenoxy) is 4. The lowest BCUT2D eigenvalue weighted by Gasteiger charge is -2.26. The maximum atomic E-state index is 13.9. The van der Waals surface area contributed by atoms with Crippen LogP contribution >= 0.6 is 0 Å². The third kappa shape index (κ3) is 10.6. The van der Waals surface area contributed by atoms with Crippen LogP contribution in [0.15, 0.2) is 85.1 Å². The number of methoxy groups -OCH3 is 1. The van der Waals surface area contributed by atoms with E-state index >= 15 is 0 Å². The molecule has 1 fully saturated rings. The highest BCUT2D eigenvalue weighted by Crippen LogP contribution is 2.39. The summed E-state index contributed by atoms with van der Waals surface area (Å²) in [5.41, 5.74) is 6.79. The van der Waals surface area contributed by atoms with E-state index in [9.17, 15) is 22.8 Å². The van der Waals surface area contributed by atoms with E-state index in [-0.39, 0.29) is 35.7 Å². The fraction of sp³-hybridized carbons (Fsp3) is 0.310. The fourth-order valence-electron chi connectivity index (χ4n) is 6.37. The second-order valence-corrected chi connectivity index (χ2v) is 14.5. The van der Waals surface area contributed by atoms with Crippen LogP contribution in [0.2, 0.25) is 0 Å². The molecule has 1 aliphatic heterocycles. The molecular formula is C42H45F3N6O6. The van der Waals surface area contributed by atoms with Gasteiger partial charge in [0.05, 0.1) is 43.7 Å². The highest BCUT2D eigenvalue weighted by atomic mass is 19.4. The Labute approximate surface area is 328 Å². The average molecular weight is 787 g/mol. The van der Waals surface area contributed by atoms with E-state index < -0.39 is 23.7 Å². The summed E-state index contributed by atoms with van der Waals surface area (Å²) in [6, 6.07) is 20.5. The summed E-state index contributed by atoms with van der Waals surface area (Å²) in [5, 5.41) is 10.1. The monoisotopic (exact) mass is 786 g/mol. The van der Waals surface area contributed by atoms with Crippen molar-refractivity contribution in [2.75, 3.05) is 62.5 Å². The second-order valence-electron chi connectivity index (χ2n) is 14.5. The smallest absolute Gasteiger partial charge is 0.416 e. The van der Waals surface area contributed by atoms with Gasteiger partial charge in [0, 0.05) is 60.0 Å². The van der Waals surface area contributed by atoms with Crippen molar-refractivity contribution < 1.29 is 41.7 Å². The van der Waals surface area contributed by atoms with Gasteiger partial charge in [-0.3, -0.25) is 9.69 Å². The number of hydrogen-bond acceptors (Lipinski definition) is 9. The van der Waals surface area contributed by atoms with E-state index in [0.717, 1.165) is 30.8 Å². The molecule has 5 N–H and O–H groups in total. The molecule has 0 atom stereocenters. The molecule has 0 saturated carbocycles. The topological polar surface area (TPSA) is 149 Å². The Morgan fingerprint density at radius 3 is 2.32 bits per heavy atom. The standard InChI is InChI=1S/C42H45F3N6O6/c1-41(2,3)27-19-26(20-37(46)52)39(54-4)35(23-27)50-40(53)49-34-9-10-36(33-8-6-5-7-32(33)34)57-30-11-12-47-38(25-30)48-29-21-28(42(43,44)45)22-31(24-29)56-18-15-51-13-16-55-17-14-51/h5-12,19,21-25H,13-18,20H2,1-4H3,(H2,46,52)(H,47,48)(H2,49,50,53). The summed E-state index contributed by atoms with van der Waals surface area (Å²) in [5.74, 6) is 0.941. The first-order valence-corrected chi connectivity index (χ1v) is 18.3.